The zero-order valence-electron chi connectivity index (χ0n) is 13.7. The van der Waals surface area contributed by atoms with Crippen molar-refractivity contribution >= 4 is 22.9 Å². The minimum absolute atomic E-state index is 0.0242. The van der Waals surface area contributed by atoms with Crippen molar-refractivity contribution in [1.82, 2.24) is 19.4 Å². The van der Waals surface area contributed by atoms with Gasteiger partial charge in [-0.3, -0.25) is 9.38 Å². The summed E-state index contributed by atoms with van der Waals surface area (Å²) in [5.41, 5.74) is 4.20. The molecule has 0 spiro atoms. The van der Waals surface area contributed by atoms with Gasteiger partial charge in [0.2, 0.25) is 5.78 Å². The van der Waals surface area contributed by atoms with Crippen molar-refractivity contribution in [1.29, 1.82) is 0 Å². The van der Waals surface area contributed by atoms with E-state index in [2.05, 4.69) is 38.3 Å². The first-order valence-electron chi connectivity index (χ1n) is 8.07. The number of hydrogen-bond donors (Lipinski definition) is 1. The molecule has 3 heterocycles. The van der Waals surface area contributed by atoms with Gasteiger partial charge in [-0.2, -0.15) is 0 Å². The van der Waals surface area contributed by atoms with Crippen molar-refractivity contribution in [2.24, 2.45) is 5.16 Å². The topological polar surface area (TPSA) is 75.7 Å². The van der Waals surface area contributed by atoms with Crippen LogP contribution < -0.4 is 0 Å². The SMILES string of the molecule is CC(C=NO)c1cnc2ncc(Cc3ccc4ncccc4c3)n2c1. The van der Waals surface area contributed by atoms with Crippen LogP contribution in [-0.4, -0.2) is 30.8 Å². The molecule has 0 aliphatic carbocycles. The molecule has 124 valence electrons. The highest BCUT2D eigenvalue weighted by molar-refractivity contribution is 5.79. The molecule has 1 N–H and O–H groups in total. The van der Waals surface area contributed by atoms with E-state index in [1.807, 2.05) is 35.9 Å². The maximum atomic E-state index is 8.73. The number of nitrogens with zero attached hydrogens (tertiary/aromatic N) is 5. The van der Waals surface area contributed by atoms with E-state index in [9.17, 15) is 0 Å². The molecule has 0 radical (unpaired) electrons. The summed E-state index contributed by atoms with van der Waals surface area (Å²) in [6, 6.07) is 10.3. The summed E-state index contributed by atoms with van der Waals surface area (Å²) < 4.78 is 1.99. The molecule has 3 aromatic heterocycles. The highest BCUT2D eigenvalue weighted by atomic mass is 16.4. The third-order valence-corrected chi connectivity index (χ3v) is 4.33. The fourth-order valence-corrected chi connectivity index (χ4v) is 2.93. The standard InChI is InChI=1S/C19H17N5O/c1-13(9-23-25)16-10-21-19-22-11-17(24(19)12-16)8-14-4-5-18-15(7-14)3-2-6-20-18/h2-7,9-13,25H,8H2,1H3. The number of rotatable bonds is 4. The fourth-order valence-electron chi connectivity index (χ4n) is 2.93. The van der Waals surface area contributed by atoms with E-state index in [-0.39, 0.29) is 5.92 Å². The molecule has 0 bridgehead atoms. The lowest BCUT2D eigenvalue weighted by atomic mass is 10.1. The number of imidazole rings is 1. The van der Waals surface area contributed by atoms with E-state index >= 15 is 0 Å². The monoisotopic (exact) mass is 331 g/mol. The Balaban J connectivity index is 1.71. The third-order valence-electron chi connectivity index (χ3n) is 4.33. The zero-order chi connectivity index (χ0) is 17.2. The van der Waals surface area contributed by atoms with Crippen LogP contribution in [0.5, 0.6) is 0 Å². The number of oxime groups is 1. The molecule has 0 saturated heterocycles. The molecule has 25 heavy (non-hydrogen) atoms. The van der Waals surface area contributed by atoms with E-state index in [4.69, 9.17) is 5.21 Å². The van der Waals surface area contributed by atoms with Gasteiger partial charge in [0.05, 0.1) is 17.9 Å². The second-order valence-corrected chi connectivity index (χ2v) is 6.07. The maximum Gasteiger partial charge on any atom is 0.233 e. The normalized spacial score (nSPS) is 13.0. The van der Waals surface area contributed by atoms with Crippen LogP contribution in [0.3, 0.4) is 0 Å². The van der Waals surface area contributed by atoms with Crippen molar-refractivity contribution in [2.45, 2.75) is 19.3 Å². The van der Waals surface area contributed by atoms with Gasteiger partial charge in [-0.05, 0) is 29.3 Å². The van der Waals surface area contributed by atoms with Crippen molar-refractivity contribution < 1.29 is 5.21 Å². The molecular weight excluding hydrogens is 314 g/mol. The second-order valence-electron chi connectivity index (χ2n) is 6.07. The molecule has 4 aromatic rings. The zero-order valence-corrected chi connectivity index (χ0v) is 13.7. The van der Waals surface area contributed by atoms with E-state index in [0.717, 1.165) is 28.6 Å². The molecule has 1 unspecified atom stereocenters. The highest BCUT2D eigenvalue weighted by Gasteiger charge is 2.10. The molecule has 0 amide bonds. The van der Waals surface area contributed by atoms with E-state index in [0.29, 0.717) is 5.78 Å². The lowest BCUT2D eigenvalue weighted by Gasteiger charge is -2.08. The van der Waals surface area contributed by atoms with Gasteiger partial charge in [-0.25, -0.2) is 9.97 Å². The average Bonchev–Trinajstić information content (AvgIpc) is 3.04. The first-order chi connectivity index (χ1) is 12.2. The Bertz CT molecular complexity index is 1070. The van der Waals surface area contributed by atoms with Crippen molar-refractivity contribution in [3.05, 3.63) is 71.9 Å². The van der Waals surface area contributed by atoms with E-state index < -0.39 is 0 Å². The molecular formula is C19H17N5O. The summed E-state index contributed by atoms with van der Waals surface area (Å²) in [7, 11) is 0. The van der Waals surface area contributed by atoms with Crippen molar-refractivity contribution in [3.8, 4) is 0 Å². The largest absolute Gasteiger partial charge is 0.411 e. The van der Waals surface area contributed by atoms with Crippen LogP contribution in [0.25, 0.3) is 16.7 Å². The van der Waals surface area contributed by atoms with Gasteiger partial charge in [0.25, 0.3) is 0 Å². The van der Waals surface area contributed by atoms with Crippen molar-refractivity contribution in [2.75, 3.05) is 0 Å². The van der Waals surface area contributed by atoms with Crippen molar-refractivity contribution in [3.63, 3.8) is 0 Å². The molecule has 1 atom stereocenters. The number of fused-ring (bicyclic) bond motifs is 2. The molecule has 1 aromatic carbocycles. The highest BCUT2D eigenvalue weighted by Crippen LogP contribution is 2.19. The van der Waals surface area contributed by atoms with Gasteiger partial charge in [0, 0.05) is 42.0 Å². The third kappa shape index (κ3) is 2.94. The minimum Gasteiger partial charge on any atom is -0.411 e. The lowest BCUT2D eigenvalue weighted by molar-refractivity contribution is 0.320. The lowest BCUT2D eigenvalue weighted by Crippen LogP contribution is -2.02. The van der Waals surface area contributed by atoms with Gasteiger partial charge in [-0.1, -0.05) is 19.1 Å². The van der Waals surface area contributed by atoms with Gasteiger partial charge in [0.1, 0.15) is 0 Å². The predicted octanol–water partition coefficient (Wildman–Crippen LogP) is 3.43. The maximum absolute atomic E-state index is 8.73. The molecule has 6 heteroatoms. The molecule has 0 fully saturated rings. The first-order valence-corrected chi connectivity index (χ1v) is 8.07. The number of hydrogen-bond acceptors (Lipinski definition) is 5. The van der Waals surface area contributed by atoms with Gasteiger partial charge < -0.3 is 5.21 Å². The first kappa shape index (κ1) is 15.3. The summed E-state index contributed by atoms with van der Waals surface area (Å²) in [5, 5.41) is 13.0. The second kappa shape index (κ2) is 6.32. The van der Waals surface area contributed by atoms with Crippen LogP contribution >= 0.6 is 0 Å². The van der Waals surface area contributed by atoms with E-state index in [1.165, 1.54) is 11.8 Å². The fraction of sp³-hybridized carbons (Fsp3) is 0.158. The van der Waals surface area contributed by atoms with Crippen LogP contribution in [0.2, 0.25) is 0 Å². The summed E-state index contributed by atoms with van der Waals surface area (Å²) in [6.07, 6.45) is 9.65. The van der Waals surface area contributed by atoms with Gasteiger partial charge in [0.15, 0.2) is 0 Å². The Morgan fingerprint density at radius 1 is 1.20 bits per heavy atom. The Hall–Kier alpha value is -3.28. The molecule has 4 rings (SSSR count). The Labute approximate surface area is 144 Å². The predicted molar refractivity (Wildman–Crippen MR) is 96.2 cm³/mol. The van der Waals surface area contributed by atoms with Gasteiger partial charge in [-0.15, -0.1) is 5.16 Å². The smallest absolute Gasteiger partial charge is 0.233 e. The Morgan fingerprint density at radius 2 is 2.08 bits per heavy atom. The number of pyridine rings is 1. The molecule has 0 aliphatic heterocycles. The molecule has 0 saturated carbocycles. The Kier molecular flexibility index (Phi) is 3.85. The van der Waals surface area contributed by atoms with Crippen LogP contribution in [0.15, 0.2) is 60.3 Å². The van der Waals surface area contributed by atoms with Crippen LogP contribution in [-0.2, 0) is 6.42 Å². The molecule has 0 aliphatic rings. The van der Waals surface area contributed by atoms with Crippen LogP contribution in [0.4, 0.5) is 0 Å². The van der Waals surface area contributed by atoms with E-state index in [1.54, 1.807) is 12.4 Å². The summed E-state index contributed by atoms with van der Waals surface area (Å²) >= 11 is 0. The minimum atomic E-state index is -0.0242. The summed E-state index contributed by atoms with van der Waals surface area (Å²) in [4.78, 5) is 13.1. The number of benzene rings is 1. The molecule has 6 nitrogen and oxygen atoms in total. The Morgan fingerprint density at radius 3 is 2.96 bits per heavy atom. The number of aromatic nitrogens is 4. The summed E-state index contributed by atoms with van der Waals surface area (Å²) in [5.74, 6) is 0.637. The quantitative estimate of drug-likeness (QED) is 0.353. The van der Waals surface area contributed by atoms with Crippen LogP contribution in [0, 0.1) is 0 Å². The van der Waals surface area contributed by atoms with Gasteiger partial charge >= 0.3 is 0 Å². The summed E-state index contributed by atoms with van der Waals surface area (Å²) in [6.45, 7) is 1.95. The average molecular weight is 331 g/mol. The van der Waals surface area contributed by atoms with Crippen LogP contribution in [0.1, 0.15) is 29.7 Å².